The molecule has 0 amide bonds. The van der Waals surface area contributed by atoms with Crippen molar-refractivity contribution in [1.29, 1.82) is 0 Å². The molecule has 0 bridgehead atoms. The zero-order valence-electron chi connectivity index (χ0n) is 12.9. The molecule has 1 aliphatic carbocycles. The number of ketones is 1. The van der Waals surface area contributed by atoms with E-state index in [1.165, 1.54) is 0 Å². The fourth-order valence-corrected chi connectivity index (χ4v) is 4.31. The molecule has 0 aromatic heterocycles. The minimum absolute atomic E-state index is 0.0267. The second-order valence-electron chi connectivity index (χ2n) is 6.74. The quantitative estimate of drug-likeness (QED) is 0.736. The van der Waals surface area contributed by atoms with Gasteiger partial charge in [0.25, 0.3) is 0 Å². The van der Waals surface area contributed by atoms with E-state index in [4.69, 9.17) is 4.43 Å². The Balaban J connectivity index is 3.32. The fourth-order valence-electron chi connectivity index (χ4n) is 2.89. The Bertz CT molecular complexity index is 433. The number of halogens is 3. The minimum atomic E-state index is -4.37. The van der Waals surface area contributed by atoms with E-state index in [0.29, 0.717) is 5.57 Å². The van der Waals surface area contributed by atoms with Crippen molar-refractivity contribution in [2.75, 3.05) is 0 Å². The average molecular weight is 308 g/mol. The molecule has 0 saturated carbocycles. The highest BCUT2D eigenvalue weighted by Gasteiger charge is 2.53. The Kier molecular flexibility index (Phi) is 4.61. The third-order valence-corrected chi connectivity index (χ3v) is 4.70. The van der Waals surface area contributed by atoms with Crippen molar-refractivity contribution in [1.82, 2.24) is 0 Å². The minimum Gasteiger partial charge on any atom is -0.410 e. The largest absolute Gasteiger partial charge is 0.410 e. The number of carbonyl (C=O) groups is 1. The first kappa shape index (κ1) is 17.4. The van der Waals surface area contributed by atoms with Crippen molar-refractivity contribution in [2.45, 2.75) is 65.4 Å². The second-order valence-corrected chi connectivity index (χ2v) is 9.07. The summed E-state index contributed by atoms with van der Waals surface area (Å²) in [5.41, 5.74) is -0.946. The Morgan fingerprint density at radius 3 is 2.10 bits per heavy atom. The molecule has 1 atom stereocenters. The van der Waals surface area contributed by atoms with Crippen molar-refractivity contribution in [3.8, 4) is 0 Å². The molecule has 0 heterocycles. The molecular formula is C14H23F3O2Si. The van der Waals surface area contributed by atoms with Crippen molar-refractivity contribution in [3.05, 3.63) is 11.1 Å². The molecule has 0 N–H and O–H groups in total. The first-order chi connectivity index (χ1) is 8.80. The third kappa shape index (κ3) is 3.34. The summed E-state index contributed by atoms with van der Waals surface area (Å²) in [6.45, 7) is 11.3. The summed E-state index contributed by atoms with van der Waals surface area (Å²) in [7, 11) is -1.50. The topological polar surface area (TPSA) is 26.3 Å². The van der Waals surface area contributed by atoms with Crippen LogP contribution in [0.3, 0.4) is 0 Å². The summed E-state index contributed by atoms with van der Waals surface area (Å²) in [5, 5.41) is 0. The van der Waals surface area contributed by atoms with Gasteiger partial charge in [-0.3, -0.25) is 4.79 Å². The van der Waals surface area contributed by atoms with Crippen LogP contribution in [0.1, 0.15) is 40.5 Å². The third-order valence-electron chi connectivity index (χ3n) is 3.83. The van der Waals surface area contributed by atoms with Crippen LogP contribution in [-0.2, 0) is 9.22 Å². The highest BCUT2D eigenvalue weighted by atomic mass is 28.3. The van der Waals surface area contributed by atoms with Gasteiger partial charge in [0, 0.05) is 12.0 Å². The predicted octanol–water partition coefficient (Wildman–Crippen LogP) is 4.01. The Hall–Kier alpha value is -0.623. The summed E-state index contributed by atoms with van der Waals surface area (Å²) in [5.74, 6) is -0.426. The monoisotopic (exact) mass is 308 g/mol. The van der Waals surface area contributed by atoms with E-state index in [2.05, 4.69) is 0 Å². The van der Waals surface area contributed by atoms with Gasteiger partial charge in [-0.2, -0.15) is 13.2 Å². The van der Waals surface area contributed by atoms with Gasteiger partial charge in [-0.15, -0.1) is 0 Å². The Morgan fingerprint density at radius 1 is 1.25 bits per heavy atom. The number of allylic oxidation sites excluding steroid dienone is 1. The van der Waals surface area contributed by atoms with E-state index in [-0.39, 0.29) is 12.0 Å². The van der Waals surface area contributed by atoms with Crippen LogP contribution >= 0.6 is 0 Å². The molecule has 1 unspecified atom stereocenters. The SMILES string of the molecule is CC1=C(CC(F)(F)F)C(=O)CC1(O[SiH](C)C)C(C)(C)C. The summed E-state index contributed by atoms with van der Waals surface area (Å²) in [6.07, 6.45) is -5.49. The van der Waals surface area contributed by atoms with Crippen LogP contribution in [0.2, 0.25) is 13.1 Å². The van der Waals surface area contributed by atoms with E-state index in [9.17, 15) is 18.0 Å². The number of hydrogen-bond acceptors (Lipinski definition) is 2. The van der Waals surface area contributed by atoms with Crippen LogP contribution in [-0.4, -0.2) is 26.6 Å². The summed E-state index contributed by atoms with van der Waals surface area (Å²) in [4.78, 5) is 12.1. The van der Waals surface area contributed by atoms with E-state index in [1.54, 1.807) is 6.92 Å². The molecule has 6 heteroatoms. The molecule has 1 rings (SSSR count). The highest BCUT2D eigenvalue weighted by Crippen LogP contribution is 2.50. The highest BCUT2D eigenvalue weighted by molar-refractivity contribution is 6.48. The van der Waals surface area contributed by atoms with Crippen LogP contribution in [0, 0.1) is 5.41 Å². The van der Waals surface area contributed by atoms with Gasteiger partial charge in [0.2, 0.25) is 0 Å². The fraction of sp³-hybridized carbons (Fsp3) is 0.786. The molecular weight excluding hydrogens is 285 g/mol. The standard InChI is InChI=1S/C14H23F3O2Si/c1-9-10(7-14(15,16)17)11(18)8-13(9,12(2,3)4)19-20(5)6/h20H,7-8H2,1-6H3. The molecule has 0 saturated heterocycles. The molecule has 0 radical (unpaired) electrons. The number of hydrogen-bond donors (Lipinski definition) is 0. The number of carbonyl (C=O) groups excluding carboxylic acids is 1. The maximum Gasteiger partial charge on any atom is 0.393 e. The normalized spacial score (nSPS) is 25.0. The van der Waals surface area contributed by atoms with Gasteiger partial charge >= 0.3 is 6.18 Å². The van der Waals surface area contributed by atoms with Crippen LogP contribution < -0.4 is 0 Å². The van der Waals surface area contributed by atoms with Crippen molar-refractivity contribution in [2.24, 2.45) is 5.41 Å². The molecule has 0 aliphatic heterocycles. The van der Waals surface area contributed by atoms with Gasteiger partial charge in [-0.05, 0) is 31.0 Å². The van der Waals surface area contributed by atoms with Crippen molar-refractivity contribution >= 4 is 14.8 Å². The lowest BCUT2D eigenvalue weighted by Gasteiger charge is -2.44. The van der Waals surface area contributed by atoms with Gasteiger partial charge in [-0.1, -0.05) is 20.8 Å². The predicted molar refractivity (Wildman–Crippen MR) is 75.1 cm³/mol. The molecule has 2 nitrogen and oxygen atoms in total. The summed E-state index contributed by atoms with van der Waals surface area (Å²) < 4.78 is 44.0. The van der Waals surface area contributed by atoms with Gasteiger partial charge in [0.1, 0.15) is 0 Å². The molecule has 20 heavy (non-hydrogen) atoms. The molecule has 0 spiro atoms. The van der Waals surface area contributed by atoms with Crippen molar-refractivity contribution in [3.63, 3.8) is 0 Å². The lowest BCUT2D eigenvalue weighted by molar-refractivity contribution is -0.133. The molecule has 1 aliphatic rings. The van der Waals surface area contributed by atoms with Crippen LogP contribution in [0.4, 0.5) is 13.2 Å². The van der Waals surface area contributed by atoms with E-state index < -0.39 is 38.4 Å². The molecule has 116 valence electrons. The summed E-state index contributed by atoms with van der Waals surface area (Å²) in [6, 6.07) is 0. The Morgan fingerprint density at radius 2 is 1.75 bits per heavy atom. The van der Waals surface area contributed by atoms with Gasteiger partial charge < -0.3 is 4.43 Å². The van der Waals surface area contributed by atoms with Crippen LogP contribution in [0.15, 0.2) is 11.1 Å². The zero-order chi connectivity index (χ0) is 15.9. The molecule has 0 fully saturated rings. The number of Topliss-reactive ketones (excluding diaryl/α,β-unsaturated/α-hetero) is 1. The van der Waals surface area contributed by atoms with Gasteiger partial charge in [-0.25, -0.2) is 0 Å². The van der Waals surface area contributed by atoms with Crippen LogP contribution in [0.5, 0.6) is 0 Å². The first-order valence-electron chi connectivity index (χ1n) is 6.78. The average Bonchev–Trinajstić information content (AvgIpc) is 2.40. The smallest absolute Gasteiger partial charge is 0.393 e. The number of rotatable bonds is 3. The Labute approximate surface area is 120 Å². The zero-order valence-corrected chi connectivity index (χ0v) is 14.1. The maximum atomic E-state index is 12.6. The van der Waals surface area contributed by atoms with Gasteiger partial charge in [0.15, 0.2) is 14.8 Å². The van der Waals surface area contributed by atoms with E-state index >= 15 is 0 Å². The second kappa shape index (κ2) is 5.29. The number of alkyl halides is 3. The molecule has 0 aromatic carbocycles. The van der Waals surface area contributed by atoms with E-state index in [1.807, 2.05) is 33.9 Å². The summed E-state index contributed by atoms with van der Waals surface area (Å²) >= 11 is 0. The van der Waals surface area contributed by atoms with Gasteiger partial charge in [0.05, 0.1) is 12.0 Å². The van der Waals surface area contributed by atoms with Crippen molar-refractivity contribution < 1.29 is 22.4 Å². The lowest BCUT2D eigenvalue weighted by atomic mass is 9.72. The first-order valence-corrected chi connectivity index (χ1v) is 9.56. The molecule has 0 aromatic rings. The van der Waals surface area contributed by atoms with E-state index in [0.717, 1.165) is 0 Å². The van der Waals surface area contributed by atoms with Crippen LogP contribution in [0.25, 0.3) is 0 Å². The maximum absolute atomic E-state index is 12.6. The lowest BCUT2D eigenvalue weighted by Crippen LogP contribution is -2.48.